The predicted molar refractivity (Wildman–Crippen MR) is 115 cm³/mol. The number of nitrogens with one attached hydrogen (secondary N) is 1. The van der Waals surface area contributed by atoms with Crippen molar-refractivity contribution < 1.29 is 9.53 Å². The van der Waals surface area contributed by atoms with Crippen molar-refractivity contribution in [3.8, 4) is 5.75 Å². The Bertz CT molecular complexity index is 864. The molecule has 0 aliphatic rings. The van der Waals surface area contributed by atoms with Gasteiger partial charge in [0.2, 0.25) is 0 Å². The Morgan fingerprint density at radius 3 is 2.45 bits per heavy atom. The minimum absolute atomic E-state index is 0.152. The van der Waals surface area contributed by atoms with Crippen LogP contribution in [0.15, 0.2) is 43.1 Å². The molecule has 1 amide bonds. The van der Waals surface area contributed by atoms with Gasteiger partial charge in [0.25, 0.3) is 0 Å². The number of hydrogen-bond acceptors (Lipinski definition) is 5. The van der Waals surface area contributed by atoms with Gasteiger partial charge in [0.15, 0.2) is 5.75 Å². The maximum Gasteiger partial charge on any atom is 0.329 e. The number of rotatable bonds is 6. The van der Waals surface area contributed by atoms with Crippen LogP contribution in [0.3, 0.4) is 0 Å². The fraction of sp³-hybridized carbons (Fsp3) is 0.278. The van der Waals surface area contributed by atoms with Crippen LogP contribution in [0.4, 0.5) is 10.6 Å². The fourth-order valence-corrected chi connectivity index (χ4v) is 3.23. The van der Waals surface area contributed by atoms with E-state index in [-0.39, 0.29) is 12.6 Å². The highest BCUT2D eigenvalue weighted by atomic mass is 35.5. The zero-order chi connectivity index (χ0) is 21.2. The number of ether oxygens (including phenoxy) is 1. The molecule has 0 spiro atoms. The molecule has 1 aromatic carbocycles. The lowest BCUT2D eigenvalue weighted by molar-refractivity contribution is 0.184. The average Bonchev–Trinajstić information content (AvgIpc) is 3.36. The minimum Gasteiger partial charge on any atom is -0.489 e. The molecule has 2 aromatic heterocycles. The first kappa shape index (κ1) is 22.9. The molecule has 3 rings (SSSR count). The van der Waals surface area contributed by atoms with Crippen molar-refractivity contribution in [2.75, 3.05) is 25.4 Å². The highest BCUT2D eigenvalue weighted by Crippen LogP contribution is 2.35. The van der Waals surface area contributed by atoms with Gasteiger partial charge in [-0.1, -0.05) is 41.7 Å². The summed E-state index contributed by atoms with van der Waals surface area (Å²) in [6.45, 7) is 3.28. The number of aromatic amines is 1. The van der Waals surface area contributed by atoms with Crippen LogP contribution in [0, 0.1) is 0 Å². The Hall–Kier alpha value is -2.42. The van der Waals surface area contributed by atoms with E-state index in [9.17, 15) is 4.79 Å². The normalized spacial score (nSPS) is 10.2. The second-order valence-corrected chi connectivity index (χ2v) is 7.05. The third-order valence-corrected chi connectivity index (χ3v) is 4.36. The third kappa shape index (κ3) is 7.16. The number of nitrogens with two attached hydrogens (primary N) is 1. The molecule has 0 saturated carbocycles. The Morgan fingerprint density at radius 1 is 1.24 bits per heavy atom. The number of halogens is 3. The van der Waals surface area contributed by atoms with E-state index in [0.717, 1.165) is 6.42 Å². The van der Waals surface area contributed by atoms with Gasteiger partial charge in [0, 0.05) is 24.0 Å². The fourth-order valence-electron chi connectivity index (χ4n) is 2.30. The number of benzene rings is 1. The van der Waals surface area contributed by atoms with Crippen molar-refractivity contribution >= 4 is 46.7 Å². The van der Waals surface area contributed by atoms with Gasteiger partial charge < -0.3 is 15.4 Å². The van der Waals surface area contributed by atoms with Crippen LogP contribution >= 0.6 is 34.8 Å². The summed E-state index contributed by atoms with van der Waals surface area (Å²) >= 11 is 18.0. The molecule has 0 saturated heterocycles. The number of carbonyl (C=O) groups is 1. The smallest absolute Gasteiger partial charge is 0.329 e. The number of aromatic nitrogens is 4. The minimum atomic E-state index is -0.152. The summed E-state index contributed by atoms with van der Waals surface area (Å²) in [7, 11) is 0. The first-order valence-corrected chi connectivity index (χ1v) is 9.85. The summed E-state index contributed by atoms with van der Waals surface area (Å²) in [5.41, 5.74) is 5.16. The van der Waals surface area contributed by atoms with Crippen LogP contribution in [0.5, 0.6) is 5.75 Å². The summed E-state index contributed by atoms with van der Waals surface area (Å²) in [4.78, 5) is 17.9. The Balaban J connectivity index is 0.000000426. The van der Waals surface area contributed by atoms with Crippen molar-refractivity contribution in [2.24, 2.45) is 0 Å². The van der Waals surface area contributed by atoms with Gasteiger partial charge in [-0.3, -0.25) is 9.67 Å². The van der Waals surface area contributed by atoms with E-state index in [0.29, 0.717) is 39.7 Å². The van der Waals surface area contributed by atoms with Crippen molar-refractivity contribution in [3.63, 3.8) is 0 Å². The molecular weight excluding hydrogens is 439 g/mol. The second kappa shape index (κ2) is 11.5. The Labute approximate surface area is 183 Å². The van der Waals surface area contributed by atoms with Gasteiger partial charge in [-0.2, -0.15) is 5.10 Å². The quantitative estimate of drug-likeness (QED) is 0.561. The SMILES string of the molecule is CCCN(CCOc1c(Cl)cc(Cl)cc1Cl)C(=O)n1ccnc1.Nc1ccn[nH]1. The predicted octanol–water partition coefficient (Wildman–Crippen LogP) is 4.59. The van der Waals surface area contributed by atoms with E-state index in [1.165, 1.54) is 10.9 Å². The van der Waals surface area contributed by atoms with Crippen LogP contribution < -0.4 is 10.5 Å². The van der Waals surface area contributed by atoms with Crippen molar-refractivity contribution in [1.29, 1.82) is 0 Å². The first-order valence-electron chi connectivity index (χ1n) is 8.71. The molecule has 156 valence electrons. The molecule has 0 bridgehead atoms. The molecule has 2 heterocycles. The van der Waals surface area contributed by atoms with Crippen LogP contribution in [0.25, 0.3) is 0 Å². The van der Waals surface area contributed by atoms with Gasteiger partial charge in [0.1, 0.15) is 18.8 Å². The van der Waals surface area contributed by atoms with E-state index in [1.807, 2.05) is 6.92 Å². The molecule has 0 fully saturated rings. The first-order chi connectivity index (χ1) is 13.9. The van der Waals surface area contributed by atoms with Gasteiger partial charge in [-0.15, -0.1) is 0 Å². The lowest BCUT2D eigenvalue weighted by Crippen LogP contribution is -2.37. The van der Waals surface area contributed by atoms with Crippen LogP contribution in [0.1, 0.15) is 13.3 Å². The zero-order valence-corrected chi connectivity index (χ0v) is 18.0. The topological polar surface area (TPSA) is 102 Å². The van der Waals surface area contributed by atoms with Gasteiger partial charge in [-0.05, 0) is 24.6 Å². The number of carbonyl (C=O) groups excluding carboxylic acids is 1. The molecule has 0 unspecified atom stereocenters. The van der Waals surface area contributed by atoms with E-state index in [1.54, 1.807) is 41.7 Å². The summed E-state index contributed by atoms with van der Waals surface area (Å²) < 4.78 is 7.05. The molecule has 0 radical (unpaired) electrons. The molecule has 11 heteroatoms. The van der Waals surface area contributed by atoms with E-state index >= 15 is 0 Å². The summed E-state index contributed by atoms with van der Waals surface area (Å²) in [6.07, 6.45) is 7.08. The van der Waals surface area contributed by atoms with Crippen molar-refractivity contribution in [1.82, 2.24) is 24.6 Å². The van der Waals surface area contributed by atoms with E-state index < -0.39 is 0 Å². The Kier molecular flexibility index (Phi) is 9.11. The standard InChI is InChI=1S/C15H16Cl3N3O2.C3H5N3/c1-2-4-20(15(22)21-5-3-19-10-21)6-7-23-14-12(17)8-11(16)9-13(14)18;4-3-1-2-5-6-3/h3,5,8-10H,2,4,6-7H2,1H3;1-2H,(H3,4,5,6). The van der Waals surface area contributed by atoms with Gasteiger partial charge >= 0.3 is 6.03 Å². The number of imidazole rings is 1. The zero-order valence-electron chi connectivity index (χ0n) is 15.7. The molecule has 29 heavy (non-hydrogen) atoms. The maximum absolute atomic E-state index is 12.3. The average molecular weight is 460 g/mol. The van der Waals surface area contributed by atoms with Crippen LogP contribution in [0.2, 0.25) is 15.1 Å². The highest BCUT2D eigenvalue weighted by Gasteiger charge is 2.15. The molecule has 0 aliphatic heterocycles. The lowest BCUT2D eigenvalue weighted by Gasteiger charge is -2.22. The molecule has 0 aliphatic carbocycles. The summed E-state index contributed by atoms with van der Waals surface area (Å²) in [5.74, 6) is 0.972. The number of hydrogen-bond donors (Lipinski definition) is 2. The third-order valence-electron chi connectivity index (χ3n) is 3.58. The number of nitrogen functional groups attached to an aromatic ring is 1. The monoisotopic (exact) mass is 458 g/mol. The van der Waals surface area contributed by atoms with Gasteiger partial charge in [0.05, 0.1) is 22.8 Å². The van der Waals surface area contributed by atoms with Crippen molar-refractivity contribution in [3.05, 3.63) is 58.2 Å². The number of anilines is 1. The van der Waals surface area contributed by atoms with E-state index in [2.05, 4.69) is 15.2 Å². The highest BCUT2D eigenvalue weighted by molar-refractivity contribution is 6.40. The molecule has 0 atom stereocenters. The molecular formula is C18H21Cl3N6O2. The largest absolute Gasteiger partial charge is 0.489 e. The number of H-pyrrole nitrogens is 1. The number of nitrogens with zero attached hydrogens (tertiary/aromatic N) is 4. The Morgan fingerprint density at radius 2 is 1.97 bits per heavy atom. The number of amides is 1. The summed E-state index contributed by atoms with van der Waals surface area (Å²) in [6, 6.07) is 4.66. The van der Waals surface area contributed by atoms with Crippen LogP contribution in [-0.4, -0.2) is 50.4 Å². The molecule has 3 aromatic rings. The second-order valence-electron chi connectivity index (χ2n) is 5.80. The van der Waals surface area contributed by atoms with Crippen LogP contribution in [-0.2, 0) is 0 Å². The van der Waals surface area contributed by atoms with Crippen molar-refractivity contribution in [2.45, 2.75) is 13.3 Å². The summed E-state index contributed by atoms with van der Waals surface area (Å²) in [5, 5.41) is 7.22. The van der Waals surface area contributed by atoms with Gasteiger partial charge in [-0.25, -0.2) is 9.78 Å². The maximum atomic E-state index is 12.3. The molecule has 3 N–H and O–H groups in total. The lowest BCUT2D eigenvalue weighted by atomic mass is 10.3. The van der Waals surface area contributed by atoms with E-state index in [4.69, 9.17) is 45.3 Å². The molecule has 8 nitrogen and oxygen atoms in total.